The van der Waals surface area contributed by atoms with E-state index in [0.717, 1.165) is 23.9 Å². The van der Waals surface area contributed by atoms with Gasteiger partial charge >= 0.3 is 5.97 Å². The van der Waals surface area contributed by atoms with Crippen LogP contribution in [0.25, 0.3) is 0 Å². The van der Waals surface area contributed by atoms with Gasteiger partial charge < -0.3 is 15.0 Å². The Morgan fingerprint density at radius 2 is 2.16 bits per heavy atom. The van der Waals surface area contributed by atoms with Gasteiger partial charge in [-0.1, -0.05) is 30.7 Å². The van der Waals surface area contributed by atoms with Crippen LogP contribution < -0.4 is 5.32 Å². The Morgan fingerprint density at radius 3 is 2.80 bits per heavy atom. The topological polar surface area (TPSA) is 53.9 Å². The fourth-order valence-electron chi connectivity index (χ4n) is 3.52. The van der Waals surface area contributed by atoms with Gasteiger partial charge in [-0.25, -0.2) is 0 Å². The molecule has 5 nitrogen and oxygen atoms in total. The molecule has 2 fully saturated rings. The van der Waals surface area contributed by atoms with Crippen LogP contribution in [0, 0.1) is 11.8 Å². The lowest BCUT2D eigenvalue weighted by atomic mass is 9.99. The van der Waals surface area contributed by atoms with E-state index in [9.17, 15) is 4.79 Å². The number of nitrogens with zero attached hydrogens (tertiary/aromatic N) is 2. The maximum atomic E-state index is 11.9. The van der Waals surface area contributed by atoms with E-state index in [1.807, 2.05) is 18.2 Å². The van der Waals surface area contributed by atoms with E-state index in [4.69, 9.17) is 16.3 Å². The molecule has 2 aliphatic rings. The monoisotopic (exact) mass is 477 g/mol. The summed E-state index contributed by atoms with van der Waals surface area (Å²) in [5.74, 6) is 1.37. The zero-order valence-corrected chi connectivity index (χ0v) is 17.8. The Bertz CT molecular complexity index is 655. The third-order valence-electron chi connectivity index (χ3n) is 5.01. The van der Waals surface area contributed by atoms with Gasteiger partial charge in [-0.3, -0.25) is 9.79 Å². The standard InChI is InChI=1S/C18H24ClN3O2.HI/c1-11-9-22(10-15(11)17(23)24-3)18(20-2)21-16-8-14(16)12-5-4-6-13(19)7-12;/h4-7,11,14-16H,8-10H2,1-3H3,(H,20,21);1H. The summed E-state index contributed by atoms with van der Waals surface area (Å²) in [5.41, 5.74) is 1.26. The zero-order valence-electron chi connectivity index (χ0n) is 14.7. The van der Waals surface area contributed by atoms with Gasteiger partial charge in [-0.2, -0.15) is 0 Å². The molecule has 0 spiro atoms. The minimum absolute atomic E-state index is 0. The van der Waals surface area contributed by atoms with E-state index < -0.39 is 0 Å². The smallest absolute Gasteiger partial charge is 0.310 e. The lowest BCUT2D eigenvalue weighted by Gasteiger charge is -2.21. The molecular weight excluding hydrogens is 453 g/mol. The molecule has 4 atom stereocenters. The summed E-state index contributed by atoms with van der Waals surface area (Å²) in [6, 6.07) is 8.40. The largest absolute Gasteiger partial charge is 0.469 e. The first kappa shape index (κ1) is 20.3. The Balaban J connectivity index is 0.00000225. The summed E-state index contributed by atoms with van der Waals surface area (Å²) in [7, 11) is 3.24. The lowest BCUT2D eigenvalue weighted by molar-refractivity contribution is -0.145. The molecule has 0 aromatic heterocycles. The summed E-state index contributed by atoms with van der Waals surface area (Å²) in [5, 5.41) is 4.30. The van der Waals surface area contributed by atoms with Gasteiger partial charge in [0, 0.05) is 37.1 Å². The second-order valence-electron chi connectivity index (χ2n) is 6.71. The average molecular weight is 478 g/mol. The molecule has 0 radical (unpaired) electrons. The molecule has 7 heteroatoms. The zero-order chi connectivity index (χ0) is 17.3. The molecule has 1 saturated heterocycles. The number of likely N-dealkylation sites (tertiary alicyclic amines) is 1. The number of carbonyl (C=O) groups excluding carboxylic acids is 1. The van der Waals surface area contributed by atoms with Gasteiger partial charge in [0.15, 0.2) is 5.96 Å². The molecule has 1 N–H and O–H groups in total. The fraction of sp³-hybridized carbons (Fsp3) is 0.556. The number of halogens is 2. The molecule has 4 unspecified atom stereocenters. The van der Waals surface area contributed by atoms with Crippen molar-refractivity contribution in [3.63, 3.8) is 0 Å². The van der Waals surface area contributed by atoms with Crippen LogP contribution >= 0.6 is 35.6 Å². The molecule has 1 aliphatic carbocycles. The van der Waals surface area contributed by atoms with Crippen molar-refractivity contribution in [2.45, 2.75) is 25.3 Å². The molecular formula is C18H25ClIN3O2. The number of hydrogen-bond acceptors (Lipinski definition) is 3. The Labute approximate surface area is 171 Å². The minimum atomic E-state index is -0.135. The molecule has 1 saturated carbocycles. The van der Waals surface area contributed by atoms with Crippen molar-refractivity contribution in [2.24, 2.45) is 16.8 Å². The number of aliphatic imine (C=N–C) groups is 1. The summed E-state index contributed by atoms with van der Waals surface area (Å²) in [6.45, 7) is 3.55. The number of methoxy groups -OCH3 is 1. The van der Waals surface area contributed by atoms with Crippen molar-refractivity contribution in [1.29, 1.82) is 0 Å². The highest BCUT2D eigenvalue weighted by atomic mass is 127. The van der Waals surface area contributed by atoms with Crippen LogP contribution in [0.15, 0.2) is 29.3 Å². The van der Waals surface area contributed by atoms with E-state index in [1.165, 1.54) is 12.7 Å². The van der Waals surface area contributed by atoms with E-state index >= 15 is 0 Å². The van der Waals surface area contributed by atoms with Crippen LogP contribution in [0.3, 0.4) is 0 Å². The van der Waals surface area contributed by atoms with Crippen LogP contribution in [0.5, 0.6) is 0 Å². The van der Waals surface area contributed by atoms with Crippen molar-refractivity contribution in [3.05, 3.63) is 34.9 Å². The van der Waals surface area contributed by atoms with Crippen LogP contribution in [0.4, 0.5) is 0 Å². The highest BCUT2D eigenvalue weighted by Crippen LogP contribution is 2.41. The molecule has 25 heavy (non-hydrogen) atoms. The highest BCUT2D eigenvalue weighted by Gasteiger charge is 2.42. The van der Waals surface area contributed by atoms with Gasteiger partial charge in [-0.05, 0) is 30.0 Å². The number of carbonyl (C=O) groups is 1. The normalized spacial score (nSPS) is 28.3. The first-order chi connectivity index (χ1) is 11.5. The van der Waals surface area contributed by atoms with E-state index in [0.29, 0.717) is 18.5 Å². The third kappa shape index (κ3) is 4.58. The number of rotatable bonds is 3. The first-order valence-corrected chi connectivity index (χ1v) is 8.72. The molecule has 1 aliphatic heterocycles. The molecule has 0 amide bonds. The van der Waals surface area contributed by atoms with Gasteiger partial charge in [0.05, 0.1) is 13.0 Å². The van der Waals surface area contributed by atoms with Crippen molar-refractivity contribution in [2.75, 3.05) is 27.2 Å². The van der Waals surface area contributed by atoms with Gasteiger partial charge in [0.25, 0.3) is 0 Å². The number of nitrogens with one attached hydrogen (secondary N) is 1. The Kier molecular flexibility index (Phi) is 6.96. The molecule has 3 rings (SSSR count). The predicted molar refractivity (Wildman–Crippen MR) is 111 cm³/mol. The van der Waals surface area contributed by atoms with Crippen molar-refractivity contribution >= 4 is 47.5 Å². The summed E-state index contributed by atoms with van der Waals surface area (Å²) in [4.78, 5) is 18.4. The van der Waals surface area contributed by atoms with Crippen molar-refractivity contribution in [3.8, 4) is 0 Å². The number of guanidine groups is 1. The van der Waals surface area contributed by atoms with Crippen molar-refractivity contribution < 1.29 is 9.53 Å². The van der Waals surface area contributed by atoms with E-state index in [-0.39, 0.29) is 41.8 Å². The predicted octanol–water partition coefficient (Wildman–Crippen LogP) is 3.13. The molecule has 1 heterocycles. The molecule has 0 bridgehead atoms. The fourth-order valence-corrected chi connectivity index (χ4v) is 3.72. The molecule has 138 valence electrons. The second-order valence-corrected chi connectivity index (χ2v) is 7.14. The average Bonchev–Trinajstić information content (AvgIpc) is 3.25. The quantitative estimate of drug-likeness (QED) is 0.315. The van der Waals surface area contributed by atoms with Crippen LogP contribution in [0.2, 0.25) is 5.02 Å². The number of benzene rings is 1. The minimum Gasteiger partial charge on any atom is -0.469 e. The summed E-state index contributed by atoms with van der Waals surface area (Å²) < 4.78 is 4.91. The van der Waals surface area contributed by atoms with E-state index in [1.54, 1.807) is 7.05 Å². The number of ether oxygens (including phenoxy) is 1. The first-order valence-electron chi connectivity index (χ1n) is 8.35. The SMILES string of the molecule is CN=C(NC1CC1c1cccc(Cl)c1)N1CC(C)C(C(=O)OC)C1.I. The maximum absolute atomic E-state index is 11.9. The highest BCUT2D eigenvalue weighted by molar-refractivity contribution is 14.0. The number of hydrogen-bond donors (Lipinski definition) is 1. The Hall–Kier alpha value is -1.02. The summed E-state index contributed by atoms with van der Waals surface area (Å²) in [6.07, 6.45) is 1.07. The van der Waals surface area contributed by atoms with Gasteiger partial charge in [0.2, 0.25) is 0 Å². The van der Waals surface area contributed by atoms with E-state index in [2.05, 4.69) is 28.2 Å². The van der Waals surface area contributed by atoms with Gasteiger partial charge in [-0.15, -0.1) is 24.0 Å². The number of esters is 1. The Morgan fingerprint density at radius 1 is 1.40 bits per heavy atom. The van der Waals surface area contributed by atoms with Crippen LogP contribution in [-0.4, -0.2) is 50.1 Å². The van der Waals surface area contributed by atoms with Crippen LogP contribution in [0.1, 0.15) is 24.8 Å². The molecule has 1 aromatic rings. The van der Waals surface area contributed by atoms with Crippen molar-refractivity contribution in [1.82, 2.24) is 10.2 Å². The lowest BCUT2D eigenvalue weighted by Crippen LogP contribution is -2.42. The third-order valence-corrected chi connectivity index (χ3v) is 5.24. The maximum Gasteiger partial charge on any atom is 0.310 e. The van der Waals surface area contributed by atoms with Gasteiger partial charge in [0.1, 0.15) is 0 Å². The van der Waals surface area contributed by atoms with Crippen LogP contribution in [-0.2, 0) is 9.53 Å². The molecule has 1 aromatic carbocycles. The summed E-state index contributed by atoms with van der Waals surface area (Å²) >= 11 is 6.08. The second kappa shape index (κ2) is 8.58.